The van der Waals surface area contributed by atoms with Crippen LogP contribution in [0.1, 0.15) is 88.2 Å². The summed E-state index contributed by atoms with van der Waals surface area (Å²) >= 11 is 6.56. The van der Waals surface area contributed by atoms with E-state index in [4.69, 9.17) is 16.0 Å². The first-order chi connectivity index (χ1) is 12.6. The number of esters is 1. The SMILES string of the molecule is C=CCc1c(CCCCCCCC(=O)OC)oc(CCCCCC)c1Cl. The molecule has 26 heavy (non-hydrogen) atoms. The minimum atomic E-state index is -0.115. The van der Waals surface area contributed by atoms with Crippen LogP contribution in [0.4, 0.5) is 0 Å². The lowest BCUT2D eigenvalue weighted by Gasteiger charge is -2.02. The van der Waals surface area contributed by atoms with E-state index < -0.39 is 0 Å². The van der Waals surface area contributed by atoms with E-state index >= 15 is 0 Å². The first-order valence-electron chi connectivity index (χ1n) is 10.1. The summed E-state index contributed by atoms with van der Waals surface area (Å²) in [6.45, 7) is 6.07. The number of carbonyl (C=O) groups excluding carboxylic acids is 1. The number of furan rings is 1. The van der Waals surface area contributed by atoms with Crippen molar-refractivity contribution in [2.24, 2.45) is 0 Å². The Bertz CT molecular complexity index is 534. The van der Waals surface area contributed by atoms with E-state index in [0.717, 1.165) is 79.9 Å². The van der Waals surface area contributed by atoms with Crippen molar-refractivity contribution in [2.75, 3.05) is 7.11 Å². The lowest BCUT2D eigenvalue weighted by Crippen LogP contribution is -1.99. The highest BCUT2D eigenvalue weighted by atomic mass is 35.5. The number of allylic oxidation sites excluding steroid dienone is 1. The van der Waals surface area contributed by atoms with Gasteiger partial charge in [0.25, 0.3) is 0 Å². The fraction of sp³-hybridized carbons (Fsp3) is 0.682. The summed E-state index contributed by atoms with van der Waals surface area (Å²) in [6.07, 6.45) is 15.2. The Morgan fingerprint density at radius 2 is 1.65 bits per heavy atom. The monoisotopic (exact) mass is 382 g/mol. The second-order valence-corrected chi connectivity index (χ2v) is 7.27. The molecule has 0 saturated carbocycles. The third kappa shape index (κ3) is 8.44. The predicted octanol–water partition coefficient (Wildman–Crippen LogP) is 6.84. The van der Waals surface area contributed by atoms with E-state index in [9.17, 15) is 4.79 Å². The zero-order chi connectivity index (χ0) is 19.2. The fourth-order valence-electron chi connectivity index (χ4n) is 3.16. The second kappa shape index (κ2) is 13.9. The van der Waals surface area contributed by atoms with Gasteiger partial charge in [-0.15, -0.1) is 6.58 Å². The third-order valence-corrected chi connectivity index (χ3v) is 5.15. The van der Waals surface area contributed by atoms with Crippen molar-refractivity contribution >= 4 is 17.6 Å². The Kier molecular flexibility index (Phi) is 12.2. The Morgan fingerprint density at radius 3 is 2.31 bits per heavy atom. The number of aryl methyl sites for hydroxylation is 2. The topological polar surface area (TPSA) is 39.4 Å². The lowest BCUT2D eigenvalue weighted by atomic mass is 10.0. The second-order valence-electron chi connectivity index (χ2n) is 6.89. The Balaban J connectivity index is 2.41. The van der Waals surface area contributed by atoms with Gasteiger partial charge in [0.2, 0.25) is 0 Å². The first kappa shape index (κ1) is 22.8. The Morgan fingerprint density at radius 1 is 1.04 bits per heavy atom. The average Bonchev–Trinajstić information content (AvgIpc) is 2.93. The molecule has 1 aromatic heterocycles. The van der Waals surface area contributed by atoms with E-state index in [1.165, 1.54) is 26.4 Å². The van der Waals surface area contributed by atoms with Crippen LogP contribution < -0.4 is 0 Å². The molecule has 1 aromatic rings. The van der Waals surface area contributed by atoms with Gasteiger partial charge in [-0.2, -0.15) is 0 Å². The van der Waals surface area contributed by atoms with E-state index in [-0.39, 0.29) is 5.97 Å². The number of ether oxygens (including phenoxy) is 1. The summed E-state index contributed by atoms with van der Waals surface area (Å²) in [5, 5.41) is 0.814. The smallest absolute Gasteiger partial charge is 0.305 e. The molecule has 0 aliphatic carbocycles. The van der Waals surface area contributed by atoms with Crippen molar-refractivity contribution in [1.29, 1.82) is 0 Å². The number of hydrogen-bond donors (Lipinski definition) is 0. The van der Waals surface area contributed by atoms with Crippen LogP contribution in [0.15, 0.2) is 17.1 Å². The maximum absolute atomic E-state index is 11.1. The predicted molar refractivity (Wildman–Crippen MR) is 109 cm³/mol. The van der Waals surface area contributed by atoms with Gasteiger partial charge < -0.3 is 9.15 Å². The van der Waals surface area contributed by atoms with E-state index in [0.29, 0.717) is 6.42 Å². The van der Waals surface area contributed by atoms with Crippen molar-refractivity contribution < 1.29 is 13.9 Å². The summed E-state index contributed by atoms with van der Waals surface area (Å²) in [6, 6.07) is 0. The zero-order valence-corrected chi connectivity index (χ0v) is 17.3. The maximum Gasteiger partial charge on any atom is 0.305 e. The highest BCUT2D eigenvalue weighted by Crippen LogP contribution is 2.31. The minimum Gasteiger partial charge on any atom is -0.469 e. The molecular formula is C22H35ClO3. The molecule has 0 aliphatic rings. The van der Waals surface area contributed by atoms with Crippen LogP contribution in [-0.2, 0) is 28.8 Å². The normalized spacial score (nSPS) is 10.9. The van der Waals surface area contributed by atoms with Crippen molar-refractivity contribution in [3.05, 3.63) is 34.8 Å². The summed E-state index contributed by atoms with van der Waals surface area (Å²) < 4.78 is 10.8. The first-order valence-corrected chi connectivity index (χ1v) is 10.5. The maximum atomic E-state index is 11.1. The molecule has 0 radical (unpaired) electrons. The van der Waals surface area contributed by atoms with Gasteiger partial charge in [-0.1, -0.05) is 63.1 Å². The molecule has 0 fully saturated rings. The molecule has 1 heterocycles. The molecule has 0 atom stereocenters. The molecular weight excluding hydrogens is 348 g/mol. The lowest BCUT2D eigenvalue weighted by molar-refractivity contribution is -0.140. The van der Waals surface area contributed by atoms with Crippen LogP contribution in [0.5, 0.6) is 0 Å². The van der Waals surface area contributed by atoms with Crippen LogP contribution in [0.3, 0.4) is 0 Å². The molecule has 0 aromatic carbocycles. The van der Waals surface area contributed by atoms with Crippen LogP contribution >= 0.6 is 11.6 Å². The molecule has 0 saturated heterocycles. The van der Waals surface area contributed by atoms with Crippen LogP contribution in [-0.4, -0.2) is 13.1 Å². The van der Waals surface area contributed by atoms with E-state index in [1.807, 2.05) is 6.08 Å². The molecule has 3 nitrogen and oxygen atoms in total. The van der Waals surface area contributed by atoms with Gasteiger partial charge in [0.1, 0.15) is 11.5 Å². The molecule has 1 rings (SSSR count). The van der Waals surface area contributed by atoms with Crippen molar-refractivity contribution in [3.63, 3.8) is 0 Å². The molecule has 0 aliphatic heterocycles. The van der Waals surface area contributed by atoms with Gasteiger partial charge in [-0.05, 0) is 25.7 Å². The van der Waals surface area contributed by atoms with Gasteiger partial charge in [-0.25, -0.2) is 0 Å². The largest absolute Gasteiger partial charge is 0.469 e. The van der Waals surface area contributed by atoms with Gasteiger partial charge in [-0.3, -0.25) is 4.79 Å². The number of unbranched alkanes of at least 4 members (excludes halogenated alkanes) is 7. The van der Waals surface area contributed by atoms with Gasteiger partial charge in [0.05, 0.1) is 12.1 Å². The third-order valence-electron chi connectivity index (χ3n) is 4.71. The molecule has 0 amide bonds. The molecule has 0 unspecified atom stereocenters. The number of methoxy groups -OCH3 is 1. The van der Waals surface area contributed by atoms with E-state index in [2.05, 4.69) is 18.2 Å². The summed E-state index contributed by atoms with van der Waals surface area (Å²) in [4.78, 5) is 11.1. The van der Waals surface area contributed by atoms with Gasteiger partial charge in [0, 0.05) is 24.8 Å². The number of carbonyl (C=O) groups is 1. The van der Waals surface area contributed by atoms with Crippen molar-refractivity contribution in [3.8, 4) is 0 Å². The highest BCUT2D eigenvalue weighted by Gasteiger charge is 2.17. The summed E-state index contributed by atoms with van der Waals surface area (Å²) in [5.74, 6) is 1.87. The quantitative estimate of drug-likeness (QED) is 0.189. The zero-order valence-electron chi connectivity index (χ0n) is 16.6. The molecule has 0 bridgehead atoms. The van der Waals surface area contributed by atoms with E-state index in [1.54, 1.807) is 0 Å². The summed E-state index contributed by atoms with van der Waals surface area (Å²) in [5.41, 5.74) is 1.12. The van der Waals surface area contributed by atoms with Crippen LogP contribution in [0.25, 0.3) is 0 Å². The van der Waals surface area contributed by atoms with Gasteiger partial charge >= 0.3 is 5.97 Å². The van der Waals surface area contributed by atoms with Crippen LogP contribution in [0, 0.1) is 0 Å². The fourth-order valence-corrected chi connectivity index (χ4v) is 3.47. The number of hydrogen-bond acceptors (Lipinski definition) is 3. The number of halogens is 1. The van der Waals surface area contributed by atoms with Gasteiger partial charge in [0.15, 0.2) is 0 Å². The standard InChI is InChI=1S/C22H35ClO3/c1-4-6-7-11-16-20-22(23)18(14-5-2)19(26-20)15-12-9-8-10-13-17-21(24)25-3/h5H,2,4,6-17H2,1,3H3. The molecule has 148 valence electrons. The molecule has 0 N–H and O–H groups in total. The van der Waals surface area contributed by atoms with Crippen LogP contribution in [0.2, 0.25) is 5.02 Å². The van der Waals surface area contributed by atoms with Crippen molar-refractivity contribution in [1.82, 2.24) is 0 Å². The number of rotatable bonds is 15. The Labute approximate surface area is 164 Å². The highest BCUT2D eigenvalue weighted by molar-refractivity contribution is 6.32. The molecule has 4 heteroatoms. The Hall–Kier alpha value is -1.22. The summed E-state index contributed by atoms with van der Waals surface area (Å²) in [7, 11) is 1.44. The van der Waals surface area contributed by atoms with Crippen molar-refractivity contribution in [2.45, 2.75) is 90.4 Å². The minimum absolute atomic E-state index is 0.115. The average molecular weight is 383 g/mol. The molecule has 0 spiro atoms.